The minimum Gasteiger partial charge on any atom is -0.346 e. The van der Waals surface area contributed by atoms with Crippen molar-refractivity contribution >= 4 is 10.0 Å². The first kappa shape index (κ1) is 17.2. The molecular formula is C13H26N4O2S. The third kappa shape index (κ3) is 4.59. The second kappa shape index (κ2) is 7.21. The van der Waals surface area contributed by atoms with E-state index in [1.807, 2.05) is 37.4 Å². The molecule has 0 atom stereocenters. The van der Waals surface area contributed by atoms with Gasteiger partial charge in [-0.1, -0.05) is 0 Å². The number of sulfonamides is 1. The molecule has 0 saturated heterocycles. The first-order chi connectivity index (χ1) is 9.27. The highest BCUT2D eigenvalue weighted by molar-refractivity contribution is 7.89. The molecule has 0 aliphatic heterocycles. The summed E-state index contributed by atoms with van der Waals surface area (Å²) in [6.07, 6.45) is 2.43. The van der Waals surface area contributed by atoms with E-state index in [1.54, 1.807) is 12.3 Å². The minimum absolute atomic E-state index is 0.186. The fourth-order valence-corrected chi connectivity index (χ4v) is 3.10. The summed E-state index contributed by atoms with van der Waals surface area (Å²) in [6, 6.07) is 1.83. The molecular weight excluding hydrogens is 276 g/mol. The topological polar surface area (TPSA) is 80.4 Å². The lowest BCUT2D eigenvalue weighted by atomic mass is 10.3. The Hall–Kier alpha value is -0.890. The van der Waals surface area contributed by atoms with E-state index in [0.717, 1.165) is 18.7 Å². The molecule has 3 N–H and O–H groups in total. The second-order valence-electron chi connectivity index (χ2n) is 5.43. The molecule has 1 aromatic heterocycles. The van der Waals surface area contributed by atoms with Crippen molar-refractivity contribution in [2.75, 3.05) is 27.2 Å². The SMILES string of the molecule is CC(C)n1cc(S(=O)(=O)NCCCN(C)C)cc1CN. The molecule has 0 aromatic carbocycles. The summed E-state index contributed by atoms with van der Waals surface area (Å²) in [4.78, 5) is 2.31. The molecule has 0 amide bonds. The third-order valence-electron chi connectivity index (χ3n) is 3.06. The van der Waals surface area contributed by atoms with Gasteiger partial charge in [0.05, 0.1) is 4.90 Å². The van der Waals surface area contributed by atoms with Gasteiger partial charge in [-0.05, 0) is 47.0 Å². The van der Waals surface area contributed by atoms with E-state index in [1.165, 1.54) is 0 Å². The number of nitrogens with one attached hydrogen (secondary N) is 1. The molecule has 7 heteroatoms. The first-order valence-corrected chi connectivity index (χ1v) is 8.31. The molecule has 0 bridgehead atoms. The molecule has 0 unspecified atom stereocenters. The van der Waals surface area contributed by atoms with E-state index < -0.39 is 10.0 Å². The van der Waals surface area contributed by atoms with Crippen LogP contribution in [0.3, 0.4) is 0 Å². The second-order valence-corrected chi connectivity index (χ2v) is 7.19. The fraction of sp³-hybridized carbons (Fsp3) is 0.692. The monoisotopic (exact) mass is 302 g/mol. The van der Waals surface area contributed by atoms with Crippen molar-refractivity contribution in [1.82, 2.24) is 14.2 Å². The summed E-state index contributed by atoms with van der Waals surface area (Å²) >= 11 is 0. The van der Waals surface area contributed by atoms with Crippen molar-refractivity contribution in [3.63, 3.8) is 0 Å². The van der Waals surface area contributed by atoms with Crippen LogP contribution in [-0.2, 0) is 16.6 Å². The molecule has 0 radical (unpaired) electrons. The fourth-order valence-electron chi connectivity index (χ4n) is 1.97. The Morgan fingerprint density at radius 3 is 2.50 bits per heavy atom. The Labute approximate surface area is 122 Å². The maximum absolute atomic E-state index is 12.2. The molecule has 0 spiro atoms. The predicted molar refractivity (Wildman–Crippen MR) is 81.1 cm³/mol. The molecule has 6 nitrogen and oxygen atoms in total. The molecule has 1 heterocycles. The Kier molecular flexibility index (Phi) is 6.19. The van der Waals surface area contributed by atoms with Gasteiger partial charge in [0.15, 0.2) is 0 Å². The van der Waals surface area contributed by atoms with Crippen molar-refractivity contribution in [3.05, 3.63) is 18.0 Å². The Morgan fingerprint density at radius 2 is 2.05 bits per heavy atom. The van der Waals surface area contributed by atoms with E-state index in [-0.39, 0.29) is 10.9 Å². The quantitative estimate of drug-likeness (QED) is 0.695. The van der Waals surface area contributed by atoms with Gasteiger partial charge in [-0.3, -0.25) is 0 Å². The van der Waals surface area contributed by atoms with E-state index >= 15 is 0 Å². The first-order valence-electron chi connectivity index (χ1n) is 6.83. The van der Waals surface area contributed by atoms with Gasteiger partial charge in [-0.15, -0.1) is 0 Å². The van der Waals surface area contributed by atoms with E-state index in [4.69, 9.17) is 5.73 Å². The highest BCUT2D eigenvalue weighted by Gasteiger charge is 2.18. The van der Waals surface area contributed by atoms with E-state index in [0.29, 0.717) is 13.1 Å². The zero-order chi connectivity index (χ0) is 15.3. The van der Waals surface area contributed by atoms with E-state index in [9.17, 15) is 8.42 Å². The lowest BCUT2D eigenvalue weighted by Crippen LogP contribution is -2.27. The maximum Gasteiger partial charge on any atom is 0.242 e. The van der Waals surface area contributed by atoms with Crippen LogP contribution in [0, 0.1) is 0 Å². The number of hydrogen-bond donors (Lipinski definition) is 2. The summed E-state index contributed by atoms with van der Waals surface area (Å²) in [5, 5.41) is 0. The number of rotatable bonds is 8. The van der Waals surface area contributed by atoms with Gasteiger partial charge < -0.3 is 15.2 Å². The van der Waals surface area contributed by atoms with Crippen LogP contribution in [0.2, 0.25) is 0 Å². The van der Waals surface area contributed by atoms with Crippen LogP contribution in [0.25, 0.3) is 0 Å². The maximum atomic E-state index is 12.2. The number of aromatic nitrogens is 1. The summed E-state index contributed by atoms with van der Waals surface area (Å²) in [5.74, 6) is 0. The predicted octanol–water partition coefficient (Wildman–Crippen LogP) is 0.758. The Balaban J connectivity index is 2.77. The molecule has 1 rings (SSSR count). The lowest BCUT2D eigenvalue weighted by Gasteiger charge is -2.11. The number of hydrogen-bond acceptors (Lipinski definition) is 4. The average Bonchev–Trinajstić information content (AvgIpc) is 2.79. The standard InChI is InChI=1S/C13H26N4O2S/c1-11(2)17-10-13(8-12(17)9-14)20(18,19)15-6-5-7-16(3)4/h8,10-11,15H,5-7,9,14H2,1-4H3. The van der Waals surface area contributed by atoms with Crippen molar-refractivity contribution in [2.24, 2.45) is 5.73 Å². The number of nitrogens with two attached hydrogens (primary N) is 1. The summed E-state index contributed by atoms with van der Waals surface area (Å²) in [6.45, 7) is 5.61. The average molecular weight is 302 g/mol. The smallest absolute Gasteiger partial charge is 0.242 e. The summed E-state index contributed by atoms with van der Waals surface area (Å²) < 4.78 is 28.9. The highest BCUT2D eigenvalue weighted by atomic mass is 32.2. The van der Waals surface area contributed by atoms with Gasteiger partial charge in [0.25, 0.3) is 0 Å². The van der Waals surface area contributed by atoms with Crippen LogP contribution in [0.4, 0.5) is 0 Å². The lowest BCUT2D eigenvalue weighted by molar-refractivity contribution is 0.400. The van der Waals surface area contributed by atoms with Gasteiger partial charge in [-0.2, -0.15) is 0 Å². The summed E-state index contributed by atoms with van der Waals surface area (Å²) in [5.41, 5.74) is 6.49. The van der Waals surface area contributed by atoms with Crippen molar-refractivity contribution in [1.29, 1.82) is 0 Å². The molecule has 0 aliphatic carbocycles. The van der Waals surface area contributed by atoms with Crippen molar-refractivity contribution < 1.29 is 8.42 Å². The van der Waals surface area contributed by atoms with Crippen LogP contribution < -0.4 is 10.5 Å². The number of nitrogens with zero attached hydrogens (tertiary/aromatic N) is 2. The van der Waals surface area contributed by atoms with Gasteiger partial charge in [0.1, 0.15) is 0 Å². The van der Waals surface area contributed by atoms with Crippen LogP contribution >= 0.6 is 0 Å². The van der Waals surface area contributed by atoms with E-state index in [2.05, 4.69) is 4.72 Å². The minimum atomic E-state index is -3.45. The van der Waals surface area contributed by atoms with Crippen LogP contribution in [0.5, 0.6) is 0 Å². The zero-order valence-electron chi connectivity index (χ0n) is 12.8. The van der Waals surface area contributed by atoms with Gasteiger partial charge in [0, 0.05) is 31.0 Å². The third-order valence-corrected chi connectivity index (χ3v) is 4.48. The summed E-state index contributed by atoms with van der Waals surface area (Å²) in [7, 11) is 0.478. The molecule has 20 heavy (non-hydrogen) atoms. The molecule has 1 aromatic rings. The zero-order valence-corrected chi connectivity index (χ0v) is 13.6. The normalized spacial score (nSPS) is 12.6. The largest absolute Gasteiger partial charge is 0.346 e. The molecule has 116 valence electrons. The molecule has 0 fully saturated rings. The molecule has 0 aliphatic rings. The van der Waals surface area contributed by atoms with Crippen molar-refractivity contribution in [2.45, 2.75) is 37.8 Å². The van der Waals surface area contributed by atoms with Crippen molar-refractivity contribution in [3.8, 4) is 0 Å². The Bertz CT molecular complexity index is 520. The van der Waals surface area contributed by atoms with Crippen LogP contribution in [-0.4, -0.2) is 45.1 Å². The van der Waals surface area contributed by atoms with Gasteiger partial charge >= 0.3 is 0 Å². The van der Waals surface area contributed by atoms with Crippen LogP contribution in [0.1, 0.15) is 32.0 Å². The highest BCUT2D eigenvalue weighted by Crippen LogP contribution is 2.18. The van der Waals surface area contributed by atoms with Gasteiger partial charge in [-0.25, -0.2) is 13.1 Å². The Morgan fingerprint density at radius 1 is 1.40 bits per heavy atom. The molecule has 0 saturated carbocycles. The van der Waals surface area contributed by atoms with Crippen LogP contribution in [0.15, 0.2) is 17.2 Å². The van der Waals surface area contributed by atoms with Gasteiger partial charge in [0.2, 0.25) is 10.0 Å².